The molecule has 1 aliphatic rings. The Morgan fingerprint density at radius 2 is 0.786 bits per heavy atom. The molecule has 0 bridgehead atoms. The van der Waals surface area contributed by atoms with Gasteiger partial charge in [-0.25, -0.2) is 0 Å². The highest BCUT2D eigenvalue weighted by atomic mass is 16.7. The molecule has 0 N–H and O–H groups in total. The minimum atomic E-state index is -0.236. The highest BCUT2D eigenvalue weighted by molar-refractivity contribution is 4.73. The van der Waals surface area contributed by atoms with E-state index in [0.717, 1.165) is 32.5 Å². The molecule has 28 heavy (non-hydrogen) atoms. The Kier molecular flexibility index (Phi) is 17.5. The molecule has 2 heteroatoms. The second-order valence-corrected chi connectivity index (χ2v) is 9.12. The lowest BCUT2D eigenvalue weighted by atomic mass is 9.98. The molecule has 1 aliphatic heterocycles. The van der Waals surface area contributed by atoms with Crippen molar-refractivity contribution in [1.82, 2.24) is 0 Å². The van der Waals surface area contributed by atoms with Crippen LogP contribution in [0.4, 0.5) is 0 Å². The Labute approximate surface area is 177 Å². The van der Waals surface area contributed by atoms with Gasteiger partial charge in [-0.1, -0.05) is 117 Å². The molecule has 0 aliphatic carbocycles. The third-order valence-electron chi connectivity index (χ3n) is 6.34. The zero-order chi connectivity index (χ0) is 20.2. The van der Waals surface area contributed by atoms with Gasteiger partial charge in [0.2, 0.25) is 0 Å². The normalized spacial score (nSPS) is 16.5. The fraction of sp³-hybridized carbons (Fsp3) is 1.00. The van der Waals surface area contributed by atoms with E-state index in [1.54, 1.807) is 0 Å². The fourth-order valence-corrected chi connectivity index (χ4v) is 4.44. The van der Waals surface area contributed by atoms with E-state index in [4.69, 9.17) is 9.47 Å². The minimum absolute atomic E-state index is 0.236. The first kappa shape index (κ1) is 26.0. The lowest BCUT2D eigenvalue weighted by molar-refractivity contribution is -0.274. The lowest BCUT2D eigenvalue weighted by Crippen LogP contribution is -2.40. The van der Waals surface area contributed by atoms with Crippen molar-refractivity contribution in [2.24, 2.45) is 0 Å². The van der Waals surface area contributed by atoms with Gasteiger partial charge in [0.25, 0.3) is 0 Å². The van der Waals surface area contributed by atoms with Crippen LogP contribution >= 0.6 is 0 Å². The van der Waals surface area contributed by atoms with Gasteiger partial charge >= 0.3 is 0 Å². The standard InChI is InChI=1S/C26H52O2/c1-3-5-7-9-11-13-14-16-18-20-23-26(27-24-21-25-28-26)22-19-17-15-12-10-8-6-4-2/h3-25H2,1-2H3. The van der Waals surface area contributed by atoms with Crippen molar-refractivity contribution in [2.45, 2.75) is 154 Å². The molecule has 0 atom stereocenters. The van der Waals surface area contributed by atoms with E-state index < -0.39 is 0 Å². The van der Waals surface area contributed by atoms with Crippen molar-refractivity contribution >= 4 is 0 Å². The van der Waals surface area contributed by atoms with Crippen LogP contribution in [-0.2, 0) is 9.47 Å². The summed E-state index contributed by atoms with van der Waals surface area (Å²) in [6.45, 7) is 6.38. The zero-order valence-corrected chi connectivity index (χ0v) is 19.6. The van der Waals surface area contributed by atoms with Gasteiger partial charge in [-0.05, 0) is 19.3 Å². The maximum Gasteiger partial charge on any atom is 0.168 e. The molecule has 0 unspecified atom stereocenters. The van der Waals surface area contributed by atoms with Gasteiger partial charge in [-0.15, -0.1) is 0 Å². The summed E-state index contributed by atoms with van der Waals surface area (Å²) in [4.78, 5) is 0. The summed E-state index contributed by atoms with van der Waals surface area (Å²) in [5.74, 6) is -0.236. The minimum Gasteiger partial charge on any atom is -0.350 e. The highest BCUT2D eigenvalue weighted by Crippen LogP contribution is 2.31. The smallest absolute Gasteiger partial charge is 0.168 e. The molecule has 168 valence electrons. The second-order valence-electron chi connectivity index (χ2n) is 9.12. The molecule has 1 saturated heterocycles. The van der Waals surface area contributed by atoms with Crippen molar-refractivity contribution < 1.29 is 9.47 Å². The predicted molar refractivity (Wildman–Crippen MR) is 123 cm³/mol. The average Bonchev–Trinajstić information content (AvgIpc) is 2.72. The maximum atomic E-state index is 6.19. The summed E-state index contributed by atoms with van der Waals surface area (Å²) in [6, 6.07) is 0. The van der Waals surface area contributed by atoms with Crippen LogP contribution in [0, 0.1) is 0 Å². The summed E-state index contributed by atoms with van der Waals surface area (Å²) in [5.41, 5.74) is 0. The van der Waals surface area contributed by atoms with E-state index in [0.29, 0.717) is 0 Å². The topological polar surface area (TPSA) is 18.5 Å². The van der Waals surface area contributed by atoms with Crippen molar-refractivity contribution in [1.29, 1.82) is 0 Å². The molecular weight excluding hydrogens is 344 g/mol. The molecule has 0 aromatic carbocycles. The van der Waals surface area contributed by atoms with Gasteiger partial charge in [0, 0.05) is 12.8 Å². The summed E-state index contributed by atoms with van der Waals surface area (Å²) in [6.07, 6.45) is 28.2. The van der Waals surface area contributed by atoms with E-state index >= 15 is 0 Å². The summed E-state index contributed by atoms with van der Waals surface area (Å²) in [5, 5.41) is 0. The van der Waals surface area contributed by atoms with Gasteiger partial charge in [0.05, 0.1) is 13.2 Å². The largest absolute Gasteiger partial charge is 0.350 e. The highest BCUT2D eigenvalue weighted by Gasteiger charge is 2.33. The first-order valence-corrected chi connectivity index (χ1v) is 13.1. The third-order valence-corrected chi connectivity index (χ3v) is 6.34. The molecule has 0 saturated carbocycles. The van der Waals surface area contributed by atoms with E-state index in [1.165, 1.54) is 116 Å². The Hall–Kier alpha value is -0.0800. The van der Waals surface area contributed by atoms with Crippen LogP contribution in [0.25, 0.3) is 0 Å². The van der Waals surface area contributed by atoms with Crippen molar-refractivity contribution in [3.05, 3.63) is 0 Å². The molecule has 1 fully saturated rings. The number of rotatable bonds is 20. The van der Waals surface area contributed by atoms with Crippen molar-refractivity contribution in [3.63, 3.8) is 0 Å². The molecule has 1 heterocycles. The van der Waals surface area contributed by atoms with Crippen LogP contribution in [0.5, 0.6) is 0 Å². The average molecular weight is 397 g/mol. The van der Waals surface area contributed by atoms with Gasteiger partial charge in [-0.2, -0.15) is 0 Å². The van der Waals surface area contributed by atoms with Crippen LogP contribution in [0.3, 0.4) is 0 Å². The van der Waals surface area contributed by atoms with Gasteiger partial charge in [0.1, 0.15) is 0 Å². The Bertz CT molecular complexity index is 310. The summed E-state index contributed by atoms with van der Waals surface area (Å²) in [7, 11) is 0. The van der Waals surface area contributed by atoms with Gasteiger partial charge in [0.15, 0.2) is 5.79 Å². The molecule has 0 aromatic rings. The first-order chi connectivity index (χ1) is 13.8. The van der Waals surface area contributed by atoms with Crippen LogP contribution < -0.4 is 0 Å². The second kappa shape index (κ2) is 18.9. The zero-order valence-electron chi connectivity index (χ0n) is 19.6. The molecule has 2 nitrogen and oxygen atoms in total. The number of hydrogen-bond donors (Lipinski definition) is 0. The van der Waals surface area contributed by atoms with Gasteiger partial charge < -0.3 is 9.47 Å². The molecule has 0 aromatic heterocycles. The quantitative estimate of drug-likeness (QED) is 0.191. The first-order valence-electron chi connectivity index (χ1n) is 13.1. The third kappa shape index (κ3) is 14.0. The lowest BCUT2D eigenvalue weighted by Gasteiger charge is -2.37. The van der Waals surface area contributed by atoms with Crippen molar-refractivity contribution in [2.75, 3.05) is 13.2 Å². The maximum absolute atomic E-state index is 6.19. The number of hydrogen-bond acceptors (Lipinski definition) is 2. The number of ether oxygens (including phenoxy) is 2. The van der Waals surface area contributed by atoms with E-state index in [1.807, 2.05) is 0 Å². The Morgan fingerprint density at radius 1 is 0.464 bits per heavy atom. The molecule has 0 radical (unpaired) electrons. The predicted octanol–water partition coefficient (Wildman–Crippen LogP) is 8.96. The molecular formula is C26H52O2. The fourth-order valence-electron chi connectivity index (χ4n) is 4.44. The Balaban J connectivity index is 2.05. The van der Waals surface area contributed by atoms with Gasteiger partial charge in [-0.3, -0.25) is 0 Å². The van der Waals surface area contributed by atoms with E-state index in [9.17, 15) is 0 Å². The SMILES string of the molecule is CCCCCCCCCCCCC1(CCCCCCCCCC)OCCCO1. The molecule has 0 spiro atoms. The Morgan fingerprint density at radius 3 is 1.14 bits per heavy atom. The van der Waals surface area contributed by atoms with Crippen LogP contribution in [0.15, 0.2) is 0 Å². The van der Waals surface area contributed by atoms with E-state index in [-0.39, 0.29) is 5.79 Å². The van der Waals surface area contributed by atoms with Crippen molar-refractivity contribution in [3.8, 4) is 0 Å². The molecule has 0 amide bonds. The summed E-state index contributed by atoms with van der Waals surface area (Å²) >= 11 is 0. The summed E-state index contributed by atoms with van der Waals surface area (Å²) < 4.78 is 12.4. The van der Waals surface area contributed by atoms with Crippen LogP contribution in [0.1, 0.15) is 149 Å². The van der Waals surface area contributed by atoms with Crippen LogP contribution in [0.2, 0.25) is 0 Å². The molecule has 1 rings (SSSR count). The number of unbranched alkanes of at least 4 members (excludes halogenated alkanes) is 16. The monoisotopic (exact) mass is 396 g/mol. The van der Waals surface area contributed by atoms with E-state index in [2.05, 4.69) is 13.8 Å². The van der Waals surface area contributed by atoms with Crippen LogP contribution in [-0.4, -0.2) is 19.0 Å².